The second kappa shape index (κ2) is 3.87. The minimum Gasteiger partial charge on any atom is -0.508 e. The van der Waals surface area contributed by atoms with Crippen molar-refractivity contribution >= 4 is 32.3 Å². The van der Waals surface area contributed by atoms with Gasteiger partial charge in [-0.1, -0.05) is 30.3 Å². The molecule has 0 unspecified atom stereocenters. The summed E-state index contributed by atoms with van der Waals surface area (Å²) in [5.74, 6) is 0.575. The van der Waals surface area contributed by atoms with E-state index in [1.54, 1.807) is 18.2 Å². The highest BCUT2D eigenvalue weighted by atomic mass is 16.3. The van der Waals surface area contributed by atoms with E-state index in [1.165, 1.54) is 0 Å². The van der Waals surface area contributed by atoms with Gasteiger partial charge in [0.15, 0.2) is 0 Å². The summed E-state index contributed by atoms with van der Waals surface area (Å²) in [6.45, 7) is 0. The molecule has 4 rings (SSSR count). The third kappa shape index (κ3) is 1.51. The van der Waals surface area contributed by atoms with Crippen LogP contribution in [0.25, 0.3) is 32.3 Å². The van der Waals surface area contributed by atoms with Crippen LogP contribution >= 0.6 is 0 Å². The largest absolute Gasteiger partial charge is 0.508 e. The van der Waals surface area contributed by atoms with Crippen molar-refractivity contribution in [3.63, 3.8) is 0 Å². The number of fused-ring (bicyclic) bond motifs is 4. The first-order valence-corrected chi connectivity index (χ1v) is 6.49. The predicted octanol–water partition coefficient (Wildman–Crippen LogP) is 4.56. The quantitative estimate of drug-likeness (QED) is 0.359. The molecule has 0 atom stereocenters. The number of hydrogen-bond donors (Lipinski definition) is 2. The van der Waals surface area contributed by atoms with Crippen LogP contribution in [0.3, 0.4) is 0 Å². The summed E-state index contributed by atoms with van der Waals surface area (Å²) < 4.78 is 0. The van der Waals surface area contributed by atoms with Gasteiger partial charge in [-0.2, -0.15) is 0 Å². The molecular formula is C18H12O2. The van der Waals surface area contributed by atoms with Crippen molar-refractivity contribution in [1.29, 1.82) is 0 Å². The Morgan fingerprint density at radius 2 is 1.25 bits per heavy atom. The van der Waals surface area contributed by atoms with Crippen molar-refractivity contribution in [2.45, 2.75) is 0 Å². The van der Waals surface area contributed by atoms with Crippen LogP contribution in [0.15, 0.2) is 60.7 Å². The molecule has 0 fully saturated rings. The van der Waals surface area contributed by atoms with Crippen molar-refractivity contribution in [1.82, 2.24) is 0 Å². The van der Waals surface area contributed by atoms with Crippen LogP contribution in [-0.4, -0.2) is 10.2 Å². The molecule has 0 saturated heterocycles. The zero-order valence-electron chi connectivity index (χ0n) is 10.7. The fourth-order valence-corrected chi connectivity index (χ4v) is 2.81. The standard InChI is InChI=1S/C18H12O2/c19-14-6-7-15-12(8-14)4-5-13-10-17-11(9-16(13)15)2-1-3-18(17)20/h1-10,19-20H. The van der Waals surface area contributed by atoms with Crippen molar-refractivity contribution in [2.24, 2.45) is 0 Å². The molecule has 0 saturated carbocycles. The summed E-state index contributed by atoms with van der Waals surface area (Å²) >= 11 is 0. The molecule has 20 heavy (non-hydrogen) atoms. The highest BCUT2D eigenvalue weighted by Gasteiger charge is 2.05. The molecule has 0 amide bonds. The Morgan fingerprint density at radius 1 is 0.550 bits per heavy atom. The molecule has 0 aromatic heterocycles. The van der Waals surface area contributed by atoms with Crippen LogP contribution in [0.1, 0.15) is 0 Å². The van der Waals surface area contributed by atoms with E-state index in [4.69, 9.17) is 0 Å². The monoisotopic (exact) mass is 260 g/mol. The van der Waals surface area contributed by atoms with Crippen LogP contribution in [0.5, 0.6) is 11.5 Å². The number of rotatable bonds is 0. The normalized spacial score (nSPS) is 11.4. The summed E-state index contributed by atoms with van der Waals surface area (Å²) in [4.78, 5) is 0. The molecule has 0 aliphatic rings. The summed E-state index contributed by atoms with van der Waals surface area (Å²) in [5, 5.41) is 25.7. The topological polar surface area (TPSA) is 40.5 Å². The molecule has 0 aliphatic carbocycles. The molecule has 0 bridgehead atoms. The van der Waals surface area contributed by atoms with E-state index in [-0.39, 0.29) is 5.75 Å². The number of aromatic hydroxyl groups is 2. The zero-order chi connectivity index (χ0) is 13.7. The van der Waals surface area contributed by atoms with Crippen molar-refractivity contribution < 1.29 is 10.2 Å². The van der Waals surface area contributed by atoms with E-state index < -0.39 is 0 Å². The fraction of sp³-hybridized carbons (Fsp3) is 0. The Morgan fingerprint density at radius 3 is 2.10 bits per heavy atom. The number of benzene rings is 4. The Hall–Kier alpha value is -2.74. The minimum absolute atomic E-state index is 0.273. The van der Waals surface area contributed by atoms with Gasteiger partial charge in [0.05, 0.1) is 0 Å². The Labute approximate surface area is 115 Å². The van der Waals surface area contributed by atoms with Crippen molar-refractivity contribution in [3.05, 3.63) is 60.7 Å². The highest BCUT2D eigenvalue weighted by Crippen LogP contribution is 2.33. The van der Waals surface area contributed by atoms with Gasteiger partial charge >= 0.3 is 0 Å². The second-order valence-electron chi connectivity index (χ2n) is 5.04. The third-order valence-corrected chi connectivity index (χ3v) is 3.80. The predicted molar refractivity (Wildman–Crippen MR) is 82.3 cm³/mol. The van der Waals surface area contributed by atoms with E-state index in [0.717, 1.165) is 32.3 Å². The Kier molecular flexibility index (Phi) is 2.15. The smallest absolute Gasteiger partial charge is 0.123 e. The molecule has 0 radical (unpaired) electrons. The number of hydrogen-bond acceptors (Lipinski definition) is 2. The van der Waals surface area contributed by atoms with E-state index in [9.17, 15) is 10.2 Å². The van der Waals surface area contributed by atoms with Crippen molar-refractivity contribution in [3.8, 4) is 11.5 Å². The van der Waals surface area contributed by atoms with Gasteiger partial charge in [-0.15, -0.1) is 0 Å². The van der Waals surface area contributed by atoms with Crippen LogP contribution in [-0.2, 0) is 0 Å². The first kappa shape index (κ1) is 11.1. The van der Waals surface area contributed by atoms with Crippen LogP contribution in [0.2, 0.25) is 0 Å². The highest BCUT2D eigenvalue weighted by molar-refractivity contribution is 6.13. The van der Waals surface area contributed by atoms with E-state index in [2.05, 4.69) is 6.07 Å². The number of phenolic OH excluding ortho intramolecular Hbond substituents is 2. The average Bonchev–Trinajstić information content (AvgIpc) is 2.45. The van der Waals surface area contributed by atoms with E-state index >= 15 is 0 Å². The van der Waals surface area contributed by atoms with Gasteiger partial charge in [-0.25, -0.2) is 0 Å². The van der Waals surface area contributed by atoms with Gasteiger partial charge in [-0.05, 0) is 57.3 Å². The lowest BCUT2D eigenvalue weighted by atomic mass is 9.98. The van der Waals surface area contributed by atoms with Gasteiger partial charge in [0, 0.05) is 5.39 Å². The SMILES string of the molecule is Oc1ccc2c(ccc3cc4c(O)cccc4cc32)c1. The molecule has 4 aromatic carbocycles. The van der Waals surface area contributed by atoms with Gasteiger partial charge in [0.1, 0.15) is 11.5 Å². The van der Waals surface area contributed by atoms with Gasteiger partial charge in [0.2, 0.25) is 0 Å². The Bertz CT molecular complexity index is 971. The molecule has 0 spiro atoms. The summed E-state index contributed by atoms with van der Waals surface area (Å²) in [7, 11) is 0. The van der Waals surface area contributed by atoms with Gasteiger partial charge < -0.3 is 10.2 Å². The first-order valence-electron chi connectivity index (χ1n) is 6.49. The van der Waals surface area contributed by atoms with Gasteiger partial charge in [-0.3, -0.25) is 0 Å². The zero-order valence-corrected chi connectivity index (χ0v) is 10.7. The molecule has 96 valence electrons. The summed E-state index contributed by atoms with van der Waals surface area (Å²) in [6, 6.07) is 19.0. The van der Waals surface area contributed by atoms with E-state index in [1.807, 2.05) is 36.4 Å². The molecule has 4 aromatic rings. The molecule has 0 heterocycles. The fourth-order valence-electron chi connectivity index (χ4n) is 2.81. The van der Waals surface area contributed by atoms with Crippen LogP contribution in [0.4, 0.5) is 0 Å². The average molecular weight is 260 g/mol. The lowest BCUT2D eigenvalue weighted by molar-refractivity contribution is 0.476. The molecule has 2 nitrogen and oxygen atoms in total. The molecule has 0 aliphatic heterocycles. The summed E-state index contributed by atoms with van der Waals surface area (Å²) in [5.41, 5.74) is 0. The third-order valence-electron chi connectivity index (χ3n) is 3.80. The molecule has 2 heteroatoms. The lowest BCUT2D eigenvalue weighted by Crippen LogP contribution is -1.80. The van der Waals surface area contributed by atoms with Crippen LogP contribution < -0.4 is 0 Å². The minimum atomic E-state index is 0.273. The van der Waals surface area contributed by atoms with Crippen LogP contribution in [0, 0.1) is 0 Å². The number of phenols is 2. The molecular weight excluding hydrogens is 248 g/mol. The summed E-state index contributed by atoms with van der Waals surface area (Å²) in [6.07, 6.45) is 0. The maximum atomic E-state index is 9.95. The van der Waals surface area contributed by atoms with E-state index in [0.29, 0.717) is 5.75 Å². The van der Waals surface area contributed by atoms with Gasteiger partial charge in [0.25, 0.3) is 0 Å². The maximum Gasteiger partial charge on any atom is 0.123 e. The molecule has 2 N–H and O–H groups in total. The maximum absolute atomic E-state index is 9.95. The Balaban J connectivity index is 2.22. The first-order chi connectivity index (χ1) is 9.72. The second-order valence-corrected chi connectivity index (χ2v) is 5.04. The lowest BCUT2D eigenvalue weighted by Gasteiger charge is -2.07. The van der Waals surface area contributed by atoms with Crippen molar-refractivity contribution in [2.75, 3.05) is 0 Å².